The van der Waals surface area contributed by atoms with Crippen LogP contribution < -0.4 is 0 Å². The SMILES string of the molecule is COCCCN(C)S(=O)(=O)c1ccccc1O. The fraction of sp³-hybridized carbons (Fsp3) is 0.455. The first kappa shape index (κ1) is 14.0. The molecule has 1 N–H and O–H groups in total. The van der Waals surface area contributed by atoms with Crippen LogP contribution in [0.25, 0.3) is 0 Å². The van der Waals surface area contributed by atoms with E-state index in [-0.39, 0.29) is 10.6 Å². The van der Waals surface area contributed by atoms with Crippen molar-refractivity contribution in [3.8, 4) is 5.75 Å². The van der Waals surface area contributed by atoms with Gasteiger partial charge >= 0.3 is 0 Å². The number of hydrogen-bond donors (Lipinski definition) is 1. The van der Waals surface area contributed by atoms with Crippen molar-refractivity contribution in [1.29, 1.82) is 0 Å². The van der Waals surface area contributed by atoms with E-state index in [9.17, 15) is 13.5 Å². The second-order valence-corrected chi connectivity index (χ2v) is 5.65. The smallest absolute Gasteiger partial charge is 0.246 e. The fourth-order valence-corrected chi connectivity index (χ4v) is 2.68. The highest BCUT2D eigenvalue weighted by Crippen LogP contribution is 2.24. The summed E-state index contributed by atoms with van der Waals surface area (Å²) in [6.45, 7) is 0.852. The number of phenols is 1. The second-order valence-electron chi connectivity index (χ2n) is 3.64. The molecule has 6 heteroatoms. The number of sulfonamides is 1. The molecule has 0 radical (unpaired) electrons. The number of nitrogens with zero attached hydrogens (tertiary/aromatic N) is 1. The quantitative estimate of drug-likeness (QED) is 0.775. The van der Waals surface area contributed by atoms with Crippen molar-refractivity contribution in [3.05, 3.63) is 24.3 Å². The van der Waals surface area contributed by atoms with Crippen LogP contribution in [0.2, 0.25) is 0 Å². The number of aromatic hydroxyl groups is 1. The number of rotatable bonds is 6. The normalized spacial score (nSPS) is 11.9. The molecular weight excluding hydrogens is 242 g/mol. The minimum atomic E-state index is -3.62. The van der Waals surface area contributed by atoms with Crippen LogP contribution >= 0.6 is 0 Å². The number of hydrogen-bond acceptors (Lipinski definition) is 4. The van der Waals surface area contributed by atoms with Gasteiger partial charge in [0.1, 0.15) is 10.6 Å². The Kier molecular flexibility index (Phi) is 4.92. The first-order chi connectivity index (χ1) is 8.00. The molecular formula is C11H17NO4S. The average Bonchev–Trinajstić information content (AvgIpc) is 2.29. The zero-order valence-electron chi connectivity index (χ0n) is 9.96. The number of phenolic OH excluding ortho intramolecular Hbond substituents is 1. The van der Waals surface area contributed by atoms with Gasteiger partial charge in [-0.25, -0.2) is 12.7 Å². The van der Waals surface area contributed by atoms with Crippen LogP contribution in [0.5, 0.6) is 5.75 Å². The molecule has 0 saturated carbocycles. The third-order valence-corrected chi connectivity index (χ3v) is 4.28. The minimum Gasteiger partial charge on any atom is -0.507 e. The number of methoxy groups -OCH3 is 1. The Morgan fingerprint density at radius 3 is 2.59 bits per heavy atom. The van der Waals surface area contributed by atoms with Gasteiger partial charge in [0.05, 0.1) is 0 Å². The van der Waals surface area contributed by atoms with Gasteiger partial charge in [-0.15, -0.1) is 0 Å². The van der Waals surface area contributed by atoms with E-state index in [1.807, 2.05) is 0 Å². The average molecular weight is 259 g/mol. The molecule has 0 atom stereocenters. The monoisotopic (exact) mass is 259 g/mol. The molecule has 0 amide bonds. The summed E-state index contributed by atoms with van der Waals surface area (Å²) >= 11 is 0. The van der Waals surface area contributed by atoms with E-state index < -0.39 is 10.0 Å². The minimum absolute atomic E-state index is 0.0695. The molecule has 5 nitrogen and oxygen atoms in total. The molecule has 0 spiro atoms. The van der Waals surface area contributed by atoms with Crippen molar-refractivity contribution >= 4 is 10.0 Å². The van der Waals surface area contributed by atoms with Gasteiger partial charge in [0.2, 0.25) is 10.0 Å². The highest BCUT2D eigenvalue weighted by Gasteiger charge is 2.23. The summed E-state index contributed by atoms with van der Waals surface area (Å²) in [5, 5.41) is 9.54. The van der Waals surface area contributed by atoms with Crippen molar-refractivity contribution in [2.45, 2.75) is 11.3 Å². The molecule has 1 aromatic carbocycles. The van der Waals surface area contributed by atoms with Gasteiger partial charge in [-0.1, -0.05) is 12.1 Å². The summed E-state index contributed by atoms with van der Waals surface area (Å²) in [7, 11) is -0.572. The Morgan fingerprint density at radius 1 is 1.35 bits per heavy atom. The van der Waals surface area contributed by atoms with Gasteiger partial charge in [-0.05, 0) is 18.6 Å². The van der Waals surface area contributed by atoms with E-state index in [1.54, 1.807) is 19.2 Å². The largest absolute Gasteiger partial charge is 0.507 e. The lowest BCUT2D eigenvalue weighted by molar-refractivity contribution is 0.189. The first-order valence-corrected chi connectivity index (χ1v) is 6.67. The van der Waals surface area contributed by atoms with E-state index in [2.05, 4.69) is 0 Å². The summed E-state index contributed by atoms with van der Waals surface area (Å²) in [5.41, 5.74) is 0. The lowest BCUT2D eigenvalue weighted by Crippen LogP contribution is -2.28. The van der Waals surface area contributed by atoms with Gasteiger partial charge in [-0.2, -0.15) is 0 Å². The van der Waals surface area contributed by atoms with Crippen LogP contribution in [0.1, 0.15) is 6.42 Å². The topological polar surface area (TPSA) is 66.8 Å². The Bertz CT molecular complexity index is 458. The molecule has 1 aromatic rings. The van der Waals surface area contributed by atoms with E-state index in [4.69, 9.17) is 4.74 Å². The fourth-order valence-electron chi connectivity index (χ4n) is 1.39. The van der Waals surface area contributed by atoms with Gasteiger partial charge in [0.25, 0.3) is 0 Å². The lowest BCUT2D eigenvalue weighted by atomic mass is 10.3. The van der Waals surface area contributed by atoms with Gasteiger partial charge in [-0.3, -0.25) is 0 Å². The van der Waals surface area contributed by atoms with Crippen molar-refractivity contribution < 1.29 is 18.3 Å². The summed E-state index contributed by atoms with van der Waals surface area (Å²) in [6.07, 6.45) is 0.611. The summed E-state index contributed by atoms with van der Waals surface area (Å²) in [5.74, 6) is -0.230. The third kappa shape index (κ3) is 3.42. The highest BCUT2D eigenvalue weighted by molar-refractivity contribution is 7.89. The van der Waals surface area contributed by atoms with Crippen LogP contribution in [-0.2, 0) is 14.8 Å². The number of para-hydroxylation sites is 1. The van der Waals surface area contributed by atoms with E-state index in [0.717, 1.165) is 0 Å². The molecule has 1 rings (SSSR count). The third-order valence-electron chi connectivity index (χ3n) is 2.37. The van der Waals surface area contributed by atoms with E-state index in [1.165, 1.54) is 23.5 Å². The molecule has 0 fully saturated rings. The molecule has 0 aliphatic heterocycles. The molecule has 17 heavy (non-hydrogen) atoms. The van der Waals surface area contributed by atoms with Gasteiger partial charge in [0.15, 0.2) is 0 Å². The van der Waals surface area contributed by atoms with E-state index in [0.29, 0.717) is 19.6 Å². The molecule has 0 unspecified atom stereocenters. The number of benzene rings is 1. The van der Waals surface area contributed by atoms with Crippen LogP contribution in [0.3, 0.4) is 0 Å². The maximum Gasteiger partial charge on any atom is 0.246 e. The Balaban J connectivity index is 2.85. The standard InChI is InChI=1S/C11H17NO4S/c1-12(8-5-9-16-2)17(14,15)11-7-4-3-6-10(11)13/h3-4,6-7,13H,5,8-9H2,1-2H3. The highest BCUT2D eigenvalue weighted by atomic mass is 32.2. The molecule has 0 heterocycles. The number of ether oxygens (including phenoxy) is 1. The van der Waals surface area contributed by atoms with Crippen molar-refractivity contribution in [2.24, 2.45) is 0 Å². The predicted octanol–water partition coefficient (Wildman–Crippen LogP) is 1.05. The Hall–Kier alpha value is -1.11. The van der Waals surface area contributed by atoms with Crippen LogP contribution in [0.4, 0.5) is 0 Å². The lowest BCUT2D eigenvalue weighted by Gasteiger charge is -2.17. The maximum atomic E-state index is 12.1. The Morgan fingerprint density at radius 2 is 2.00 bits per heavy atom. The first-order valence-electron chi connectivity index (χ1n) is 5.23. The summed E-state index contributed by atoms with van der Waals surface area (Å²) in [4.78, 5) is -0.0695. The zero-order valence-corrected chi connectivity index (χ0v) is 10.8. The van der Waals surface area contributed by atoms with Crippen molar-refractivity contribution in [2.75, 3.05) is 27.3 Å². The summed E-state index contributed by atoms with van der Waals surface area (Å²) in [6, 6.07) is 5.90. The molecule has 0 aliphatic rings. The van der Waals surface area contributed by atoms with Gasteiger partial charge in [0, 0.05) is 27.3 Å². The van der Waals surface area contributed by atoms with Gasteiger partial charge < -0.3 is 9.84 Å². The summed E-state index contributed by atoms with van der Waals surface area (Å²) < 4.78 is 30.2. The molecule has 0 bridgehead atoms. The molecule has 96 valence electrons. The second kappa shape index (κ2) is 6.00. The zero-order chi connectivity index (χ0) is 12.9. The van der Waals surface area contributed by atoms with Crippen LogP contribution in [-0.4, -0.2) is 45.1 Å². The van der Waals surface area contributed by atoms with E-state index >= 15 is 0 Å². The Labute approximate surface area is 102 Å². The van der Waals surface area contributed by atoms with Crippen LogP contribution in [0.15, 0.2) is 29.2 Å². The molecule has 0 aliphatic carbocycles. The molecule has 0 saturated heterocycles. The van der Waals surface area contributed by atoms with Crippen molar-refractivity contribution in [3.63, 3.8) is 0 Å². The maximum absolute atomic E-state index is 12.1. The van der Waals surface area contributed by atoms with Crippen molar-refractivity contribution in [1.82, 2.24) is 4.31 Å². The van der Waals surface area contributed by atoms with Crippen LogP contribution in [0, 0.1) is 0 Å². The predicted molar refractivity (Wildman–Crippen MR) is 64.4 cm³/mol. The molecule has 0 aromatic heterocycles.